The molecule has 3 aromatic rings. The van der Waals surface area contributed by atoms with E-state index in [4.69, 9.17) is 11.1 Å². The van der Waals surface area contributed by atoms with Gasteiger partial charge in [0.25, 0.3) is 0 Å². The Bertz CT molecular complexity index is 915. The molecule has 1 aromatic heterocycles. The Hall–Kier alpha value is -2.99. The Labute approximate surface area is 156 Å². The van der Waals surface area contributed by atoms with Crippen LogP contribution in [0, 0.1) is 5.41 Å². The summed E-state index contributed by atoms with van der Waals surface area (Å²) in [6.45, 7) is 0. The number of aryl methyl sites for hydroxylation is 1. The minimum atomic E-state index is -0.220. The standard InChI is InChI=1S/C20H19N3O2S/c1-25-19(24)11-10-18-23-17(12-26-18)15-6-2-13(3-7-15)14-4-8-16(9-5-14)20(21)22/h2-9,12H,10-11H2,1H3,(H3,21,22). The third-order valence-corrected chi connectivity index (χ3v) is 4.94. The molecule has 0 aliphatic heterocycles. The molecule has 0 bridgehead atoms. The Kier molecular flexibility index (Phi) is 5.43. The number of amidine groups is 1. The highest BCUT2D eigenvalue weighted by Gasteiger charge is 2.08. The minimum absolute atomic E-state index is 0.0680. The molecule has 26 heavy (non-hydrogen) atoms. The number of nitrogens with two attached hydrogens (primary N) is 1. The molecular formula is C20H19N3O2S. The van der Waals surface area contributed by atoms with E-state index in [1.54, 1.807) is 11.3 Å². The molecule has 132 valence electrons. The van der Waals surface area contributed by atoms with Crippen LogP contribution >= 0.6 is 11.3 Å². The number of hydrogen-bond donors (Lipinski definition) is 2. The van der Waals surface area contributed by atoms with E-state index in [1.165, 1.54) is 7.11 Å². The third-order valence-electron chi connectivity index (χ3n) is 4.03. The molecule has 0 unspecified atom stereocenters. The van der Waals surface area contributed by atoms with E-state index < -0.39 is 0 Å². The topological polar surface area (TPSA) is 89.1 Å². The first kappa shape index (κ1) is 17.8. The molecule has 6 heteroatoms. The van der Waals surface area contributed by atoms with Crippen molar-refractivity contribution in [2.75, 3.05) is 7.11 Å². The molecular weight excluding hydrogens is 346 g/mol. The van der Waals surface area contributed by atoms with Gasteiger partial charge in [-0.3, -0.25) is 10.2 Å². The molecule has 0 saturated carbocycles. The first-order chi connectivity index (χ1) is 12.6. The molecule has 0 atom stereocenters. The average molecular weight is 365 g/mol. The number of hydrogen-bond acceptors (Lipinski definition) is 5. The smallest absolute Gasteiger partial charge is 0.305 e. The van der Waals surface area contributed by atoms with Crippen LogP contribution in [0.5, 0.6) is 0 Å². The summed E-state index contributed by atoms with van der Waals surface area (Å²) in [7, 11) is 1.39. The van der Waals surface area contributed by atoms with Gasteiger partial charge in [-0.05, 0) is 11.1 Å². The first-order valence-corrected chi connectivity index (χ1v) is 9.01. The second-order valence-electron chi connectivity index (χ2n) is 5.77. The number of aromatic nitrogens is 1. The number of rotatable bonds is 6. The number of nitrogens with zero attached hydrogens (tertiary/aromatic N) is 1. The van der Waals surface area contributed by atoms with Crippen molar-refractivity contribution in [1.82, 2.24) is 4.98 Å². The summed E-state index contributed by atoms with van der Waals surface area (Å²) in [5, 5.41) is 10.4. The van der Waals surface area contributed by atoms with E-state index in [9.17, 15) is 4.79 Å². The van der Waals surface area contributed by atoms with Crippen molar-refractivity contribution in [3.05, 3.63) is 64.5 Å². The quantitative estimate of drug-likeness (QED) is 0.394. The number of carbonyl (C=O) groups excluding carboxylic acids is 1. The Morgan fingerprint density at radius 1 is 1.08 bits per heavy atom. The molecule has 0 radical (unpaired) electrons. The number of carbonyl (C=O) groups is 1. The van der Waals surface area contributed by atoms with Crippen LogP contribution in [0.3, 0.4) is 0 Å². The van der Waals surface area contributed by atoms with Gasteiger partial charge in [0.05, 0.1) is 24.2 Å². The van der Waals surface area contributed by atoms with E-state index >= 15 is 0 Å². The van der Waals surface area contributed by atoms with Crippen LogP contribution in [0.4, 0.5) is 0 Å². The molecule has 0 fully saturated rings. The van der Waals surface area contributed by atoms with E-state index in [2.05, 4.69) is 9.72 Å². The van der Waals surface area contributed by atoms with Crippen LogP contribution in [0.15, 0.2) is 53.9 Å². The van der Waals surface area contributed by atoms with Gasteiger partial charge >= 0.3 is 5.97 Å². The highest BCUT2D eigenvalue weighted by Crippen LogP contribution is 2.26. The Balaban J connectivity index is 1.72. The lowest BCUT2D eigenvalue weighted by molar-refractivity contribution is -0.140. The van der Waals surface area contributed by atoms with Crippen molar-refractivity contribution in [3.63, 3.8) is 0 Å². The number of thiazole rings is 1. The van der Waals surface area contributed by atoms with E-state index in [-0.39, 0.29) is 11.8 Å². The van der Waals surface area contributed by atoms with Crippen molar-refractivity contribution in [1.29, 1.82) is 5.41 Å². The molecule has 3 rings (SSSR count). The zero-order valence-corrected chi connectivity index (χ0v) is 15.2. The number of nitrogens with one attached hydrogen (secondary N) is 1. The zero-order valence-electron chi connectivity index (χ0n) is 14.4. The predicted molar refractivity (Wildman–Crippen MR) is 104 cm³/mol. The Morgan fingerprint density at radius 2 is 1.65 bits per heavy atom. The van der Waals surface area contributed by atoms with Gasteiger partial charge < -0.3 is 10.5 Å². The van der Waals surface area contributed by atoms with Gasteiger partial charge in [0.1, 0.15) is 5.84 Å². The third kappa shape index (κ3) is 4.15. The summed E-state index contributed by atoms with van der Waals surface area (Å²) in [6, 6.07) is 15.8. The fourth-order valence-electron chi connectivity index (χ4n) is 2.55. The van der Waals surface area contributed by atoms with Crippen LogP contribution in [0.2, 0.25) is 0 Å². The summed E-state index contributed by atoms with van der Waals surface area (Å²) in [6.07, 6.45) is 0.941. The SMILES string of the molecule is COC(=O)CCc1nc(-c2ccc(-c3ccc(C(=N)N)cc3)cc2)cs1. The van der Waals surface area contributed by atoms with Gasteiger partial charge in [0.2, 0.25) is 0 Å². The van der Waals surface area contributed by atoms with Gasteiger partial charge in [0.15, 0.2) is 0 Å². The molecule has 0 saturated heterocycles. The van der Waals surface area contributed by atoms with Crippen molar-refractivity contribution in [2.24, 2.45) is 5.73 Å². The lowest BCUT2D eigenvalue weighted by Crippen LogP contribution is -2.10. The summed E-state index contributed by atoms with van der Waals surface area (Å²) in [5.41, 5.74) is 10.3. The van der Waals surface area contributed by atoms with E-state index in [0.29, 0.717) is 18.4 Å². The van der Waals surface area contributed by atoms with Gasteiger partial charge in [-0.15, -0.1) is 11.3 Å². The number of nitrogen functional groups attached to an aromatic ring is 1. The summed E-state index contributed by atoms with van der Waals surface area (Å²) >= 11 is 1.55. The first-order valence-electron chi connectivity index (χ1n) is 8.13. The minimum Gasteiger partial charge on any atom is -0.469 e. The van der Waals surface area contributed by atoms with Crippen molar-refractivity contribution < 1.29 is 9.53 Å². The average Bonchev–Trinajstić information content (AvgIpc) is 3.15. The maximum absolute atomic E-state index is 11.2. The maximum atomic E-state index is 11.2. The lowest BCUT2D eigenvalue weighted by atomic mass is 10.0. The fourth-order valence-corrected chi connectivity index (χ4v) is 3.35. The number of methoxy groups -OCH3 is 1. The van der Waals surface area contributed by atoms with Crippen LogP contribution < -0.4 is 5.73 Å². The highest BCUT2D eigenvalue weighted by atomic mass is 32.1. The molecule has 0 spiro atoms. The molecule has 2 aromatic carbocycles. The van der Waals surface area contributed by atoms with Gasteiger partial charge in [-0.1, -0.05) is 48.5 Å². The number of ether oxygens (including phenoxy) is 1. The van der Waals surface area contributed by atoms with Gasteiger partial charge in [-0.2, -0.15) is 0 Å². The molecule has 5 nitrogen and oxygen atoms in total. The van der Waals surface area contributed by atoms with Gasteiger partial charge in [0, 0.05) is 22.9 Å². The molecule has 0 amide bonds. The second kappa shape index (κ2) is 7.93. The van der Waals surface area contributed by atoms with E-state index in [1.807, 2.05) is 53.9 Å². The summed E-state index contributed by atoms with van der Waals surface area (Å²) < 4.78 is 4.66. The number of esters is 1. The zero-order chi connectivity index (χ0) is 18.5. The van der Waals surface area contributed by atoms with Crippen molar-refractivity contribution in [2.45, 2.75) is 12.8 Å². The predicted octanol–water partition coefficient (Wildman–Crippen LogP) is 3.87. The number of benzene rings is 2. The van der Waals surface area contributed by atoms with Crippen molar-refractivity contribution >= 4 is 23.1 Å². The van der Waals surface area contributed by atoms with Gasteiger partial charge in [-0.25, -0.2) is 4.98 Å². The Morgan fingerprint density at radius 3 is 2.23 bits per heavy atom. The molecule has 3 N–H and O–H groups in total. The van der Waals surface area contributed by atoms with Crippen LogP contribution in [-0.2, 0) is 16.0 Å². The van der Waals surface area contributed by atoms with Crippen molar-refractivity contribution in [3.8, 4) is 22.4 Å². The van der Waals surface area contributed by atoms with Crippen LogP contribution in [0.25, 0.3) is 22.4 Å². The monoisotopic (exact) mass is 365 g/mol. The molecule has 1 heterocycles. The molecule has 0 aliphatic rings. The second-order valence-corrected chi connectivity index (χ2v) is 6.71. The maximum Gasteiger partial charge on any atom is 0.305 e. The normalized spacial score (nSPS) is 10.5. The summed E-state index contributed by atoms with van der Waals surface area (Å²) in [5.74, 6) is -0.152. The highest BCUT2D eigenvalue weighted by molar-refractivity contribution is 7.09. The van der Waals surface area contributed by atoms with E-state index in [0.717, 1.165) is 27.4 Å². The largest absolute Gasteiger partial charge is 0.469 e. The fraction of sp³-hybridized carbons (Fsp3) is 0.150. The summed E-state index contributed by atoms with van der Waals surface area (Å²) in [4.78, 5) is 15.8. The van der Waals surface area contributed by atoms with Crippen LogP contribution in [0.1, 0.15) is 17.0 Å². The molecule has 0 aliphatic carbocycles. The lowest BCUT2D eigenvalue weighted by Gasteiger charge is -2.05. The van der Waals surface area contributed by atoms with Crippen LogP contribution in [-0.4, -0.2) is 23.9 Å².